The number of halogens is 1. The molecule has 0 unspecified atom stereocenters. The highest BCUT2D eigenvalue weighted by Gasteiger charge is 2.20. The number of thiophene rings is 1. The molecule has 5 N–H and O–H groups in total. The largest absolute Gasteiger partial charge is 0.487 e. The summed E-state index contributed by atoms with van der Waals surface area (Å²) in [6, 6.07) is 10.8. The molecule has 152 valence electrons. The second kappa shape index (κ2) is 8.81. The number of amides is 1. The number of primary amides is 1. The van der Waals surface area contributed by atoms with Gasteiger partial charge in [0.05, 0.1) is 29.8 Å². The van der Waals surface area contributed by atoms with Gasteiger partial charge in [-0.05, 0) is 58.2 Å². The Hall–Kier alpha value is -2.62. The number of hydrogen-bond donors (Lipinski definition) is 3. The van der Waals surface area contributed by atoms with Crippen molar-refractivity contribution in [1.29, 1.82) is 0 Å². The fourth-order valence-electron chi connectivity index (χ4n) is 3.11. The SMILES string of the molecule is COc1cc(Br)c(-c2ccc(CCC(=O)O)n2-c2ccc(C(N)=O)cc2CN)s1. The van der Waals surface area contributed by atoms with Crippen molar-refractivity contribution in [2.45, 2.75) is 19.4 Å². The maximum absolute atomic E-state index is 11.6. The maximum Gasteiger partial charge on any atom is 0.303 e. The first-order valence-corrected chi connectivity index (χ1v) is 10.4. The Morgan fingerprint density at radius 3 is 2.59 bits per heavy atom. The first kappa shape index (κ1) is 21.1. The standard InChI is InChI=1S/C20H20BrN3O4S/c1-28-18-9-14(21)19(29-18)16-6-3-13(4-7-17(25)26)24(16)15-5-2-11(20(23)27)8-12(15)10-22/h2-3,5-6,8-9H,4,7,10,22H2,1H3,(H2,23,27)(H,25,26). The van der Waals surface area contributed by atoms with Gasteiger partial charge in [-0.25, -0.2) is 0 Å². The Kier molecular flexibility index (Phi) is 6.41. The average Bonchev–Trinajstić information content (AvgIpc) is 3.28. The van der Waals surface area contributed by atoms with E-state index in [1.807, 2.05) is 22.8 Å². The molecule has 29 heavy (non-hydrogen) atoms. The van der Waals surface area contributed by atoms with E-state index in [0.717, 1.165) is 37.1 Å². The number of carboxylic acid groups (broad SMARTS) is 1. The Labute approximate surface area is 180 Å². The number of ether oxygens (including phenoxy) is 1. The van der Waals surface area contributed by atoms with Crippen molar-refractivity contribution in [3.05, 3.63) is 57.7 Å². The molecule has 2 heterocycles. The van der Waals surface area contributed by atoms with Crippen LogP contribution in [0.2, 0.25) is 0 Å². The van der Waals surface area contributed by atoms with Crippen LogP contribution in [0.25, 0.3) is 16.3 Å². The number of hydrogen-bond acceptors (Lipinski definition) is 5. The summed E-state index contributed by atoms with van der Waals surface area (Å²) < 4.78 is 8.19. The third kappa shape index (κ3) is 4.36. The number of carbonyl (C=O) groups is 2. The molecule has 2 aromatic heterocycles. The number of benzene rings is 1. The minimum atomic E-state index is -0.874. The summed E-state index contributed by atoms with van der Waals surface area (Å²) in [6.45, 7) is 0.196. The molecule has 0 aliphatic heterocycles. The van der Waals surface area contributed by atoms with E-state index in [0.29, 0.717) is 12.0 Å². The third-order valence-corrected chi connectivity index (χ3v) is 6.49. The quantitative estimate of drug-likeness (QED) is 0.457. The summed E-state index contributed by atoms with van der Waals surface area (Å²) in [5, 5.41) is 9.88. The Morgan fingerprint density at radius 2 is 2.00 bits per heavy atom. The highest BCUT2D eigenvalue weighted by Crippen LogP contribution is 2.42. The fraction of sp³-hybridized carbons (Fsp3) is 0.200. The van der Waals surface area contributed by atoms with Crippen LogP contribution in [0.4, 0.5) is 0 Å². The van der Waals surface area contributed by atoms with E-state index in [2.05, 4.69) is 15.9 Å². The monoisotopic (exact) mass is 477 g/mol. The van der Waals surface area contributed by atoms with E-state index in [1.165, 1.54) is 11.3 Å². The van der Waals surface area contributed by atoms with Crippen molar-refractivity contribution >= 4 is 39.1 Å². The summed E-state index contributed by atoms with van der Waals surface area (Å²) in [7, 11) is 1.61. The van der Waals surface area contributed by atoms with Crippen LogP contribution in [0.3, 0.4) is 0 Å². The minimum absolute atomic E-state index is 0.00425. The number of nitrogens with two attached hydrogens (primary N) is 2. The molecule has 3 rings (SSSR count). The van der Waals surface area contributed by atoms with Crippen molar-refractivity contribution in [3.8, 4) is 21.3 Å². The number of aromatic nitrogens is 1. The summed E-state index contributed by atoms with van der Waals surface area (Å²) in [6.07, 6.45) is 0.340. The molecule has 1 aromatic carbocycles. The zero-order chi connectivity index (χ0) is 21.1. The molecule has 0 spiro atoms. The van der Waals surface area contributed by atoms with E-state index in [1.54, 1.807) is 25.3 Å². The van der Waals surface area contributed by atoms with E-state index < -0.39 is 11.9 Å². The van der Waals surface area contributed by atoms with Crippen molar-refractivity contribution in [1.82, 2.24) is 4.57 Å². The number of carboxylic acids is 1. The number of rotatable bonds is 8. The van der Waals surface area contributed by atoms with Crippen LogP contribution in [0.1, 0.15) is 28.0 Å². The summed E-state index contributed by atoms with van der Waals surface area (Å²) in [4.78, 5) is 23.6. The summed E-state index contributed by atoms with van der Waals surface area (Å²) in [5.74, 6) is -1.41. The second-order valence-electron chi connectivity index (χ2n) is 6.30. The van der Waals surface area contributed by atoms with Gasteiger partial charge >= 0.3 is 5.97 Å². The molecule has 9 heteroatoms. The van der Waals surface area contributed by atoms with Crippen LogP contribution in [-0.2, 0) is 17.8 Å². The number of aliphatic carboxylic acids is 1. The van der Waals surface area contributed by atoms with Crippen LogP contribution >= 0.6 is 27.3 Å². The van der Waals surface area contributed by atoms with Crippen LogP contribution < -0.4 is 16.2 Å². The molecule has 0 atom stereocenters. The molecule has 0 radical (unpaired) electrons. The van der Waals surface area contributed by atoms with E-state index >= 15 is 0 Å². The molecule has 3 aromatic rings. The first-order valence-electron chi connectivity index (χ1n) is 8.75. The summed E-state index contributed by atoms with van der Waals surface area (Å²) in [5.41, 5.74) is 14.9. The molecule has 0 aliphatic rings. The lowest BCUT2D eigenvalue weighted by Crippen LogP contribution is -2.14. The summed E-state index contributed by atoms with van der Waals surface area (Å²) >= 11 is 5.05. The van der Waals surface area contributed by atoms with Gasteiger partial charge in [0.1, 0.15) is 0 Å². The van der Waals surface area contributed by atoms with Gasteiger partial charge in [0, 0.05) is 28.3 Å². The van der Waals surface area contributed by atoms with E-state index in [9.17, 15) is 9.59 Å². The highest BCUT2D eigenvalue weighted by molar-refractivity contribution is 9.10. The molecule has 1 amide bonds. The number of carbonyl (C=O) groups excluding carboxylic acids is 1. The normalized spacial score (nSPS) is 10.9. The van der Waals surface area contributed by atoms with Gasteiger partial charge in [-0.3, -0.25) is 9.59 Å². The zero-order valence-electron chi connectivity index (χ0n) is 15.6. The predicted octanol–water partition coefficient (Wildman–Crippen LogP) is 3.55. The minimum Gasteiger partial charge on any atom is -0.487 e. The molecule has 0 fully saturated rings. The van der Waals surface area contributed by atoms with Crippen molar-refractivity contribution < 1.29 is 19.4 Å². The number of nitrogens with zero attached hydrogens (tertiary/aromatic N) is 1. The first-order chi connectivity index (χ1) is 13.8. The number of methoxy groups -OCH3 is 1. The number of aryl methyl sites for hydroxylation is 1. The third-order valence-electron chi connectivity index (χ3n) is 4.48. The maximum atomic E-state index is 11.6. The van der Waals surface area contributed by atoms with Gasteiger partial charge in [0.2, 0.25) is 5.91 Å². The van der Waals surface area contributed by atoms with E-state index in [-0.39, 0.29) is 13.0 Å². The van der Waals surface area contributed by atoms with Crippen molar-refractivity contribution in [2.24, 2.45) is 11.5 Å². The molecular formula is C20H20BrN3O4S. The Balaban J connectivity index is 2.22. The van der Waals surface area contributed by atoms with Gasteiger partial charge in [-0.2, -0.15) is 0 Å². The molecular weight excluding hydrogens is 458 g/mol. The van der Waals surface area contributed by atoms with Crippen molar-refractivity contribution in [2.75, 3.05) is 7.11 Å². The Morgan fingerprint density at radius 1 is 1.24 bits per heavy atom. The Bertz CT molecular complexity index is 1070. The van der Waals surface area contributed by atoms with Gasteiger partial charge in [0.25, 0.3) is 0 Å². The lowest BCUT2D eigenvalue weighted by atomic mass is 10.1. The van der Waals surface area contributed by atoms with Crippen LogP contribution in [0.15, 0.2) is 40.9 Å². The average molecular weight is 478 g/mol. The fourth-order valence-corrected chi connectivity index (χ4v) is 4.80. The zero-order valence-corrected chi connectivity index (χ0v) is 18.0. The lowest BCUT2D eigenvalue weighted by Gasteiger charge is -2.17. The van der Waals surface area contributed by atoms with Gasteiger partial charge in [-0.1, -0.05) is 11.3 Å². The smallest absolute Gasteiger partial charge is 0.303 e. The van der Waals surface area contributed by atoms with Gasteiger partial charge in [0.15, 0.2) is 5.06 Å². The molecule has 0 saturated heterocycles. The van der Waals surface area contributed by atoms with Crippen LogP contribution in [-0.4, -0.2) is 28.7 Å². The highest BCUT2D eigenvalue weighted by atomic mass is 79.9. The predicted molar refractivity (Wildman–Crippen MR) is 116 cm³/mol. The molecule has 0 aliphatic carbocycles. The molecule has 7 nitrogen and oxygen atoms in total. The van der Waals surface area contributed by atoms with Gasteiger partial charge < -0.3 is 25.9 Å². The van der Waals surface area contributed by atoms with E-state index in [4.69, 9.17) is 21.3 Å². The van der Waals surface area contributed by atoms with Gasteiger partial charge in [-0.15, -0.1) is 0 Å². The lowest BCUT2D eigenvalue weighted by molar-refractivity contribution is -0.136. The topological polar surface area (TPSA) is 121 Å². The van der Waals surface area contributed by atoms with Crippen LogP contribution in [0.5, 0.6) is 5.06 Å². The molecule has 0 bridgehead atoms. The van der Waals surface area contributed by atoms with Crippen LogP contribution in [0, 0.1) is 0 Å². The van der Waals surface area contributed by atoms with Crippen molar-refractivity contribution in [3.63, 3.8) is 0 Å². The molecule has 0 saturated carbocycles. The second-order valence-corrected chi connectivity index (χ2v) is 8.17.